The first kappa shape index (κ1) is 32.8. The Morgan fingerprint density at radius 3 is 2.08 bits per heavy atom. The van der Waals surface area contributed by atoms with Gasteiger partial charge in [0.2, 0.25) is 0 Å². The number of aliphatic carboxylic acids is 2. The van der Waals surface area contributed by atoms with Crippen LogP contribution in [0.2, 0.25) is 0 Å². The Balaban J connectivity index is 0.000000333. The molecule has 40 heavy (non-hydrogen) atoms. The number of hydrogen-bond donors (Lipinski definition) is 4. The van der Waals surface area contributed by atoms with Gasteiger partial charge >= 0.3 is 24.3 Å². The predicted octanol–water partition coefficient (Wildman–Crippen LogP) is 2.79. The molecule has 2 heterocycles. The third kappa shape index (κ3) is 10.6. The minimum atomic E-state index is -5.08. The lowest BCUT2D eigenvalue weighted by atomic mass is 9.83. The molecule has 4 rings (SSSR count). The van der Waals surface area contributed by atoms with E-state index in [0.717, 1.165) is 32.6 Å². The first-order valence-corrected chi connectivity index (χ1v) is 12.1. The van der Waals surface area contributed by atoms with Crippen molar-refractivity contribution in [3.8, 4) is 0 Å². The maximum absolute atomic E-state index is 12.4. The van der Waals surface area contributed by atoms with E-state index in [-0.39, 0.29) is 11.9 Å². The van der Waals surface area contributed by atoms with Crippen molar-refractivity contribution in [1.82, 2.24) is 15.5 Å². The number of alkyl halides is 6. The normalized spacial score (nSPS) is 22.6. The van der Waals surface area contributed by atoms with Crippen LogP contribution in [-0.4, -0.2) is 89.3 Å². The maximum Gasteiger partial charge on any atom is 0.490 e. The van der Waals surface area contributed by atoms with E-state index in [4.69, 9.17) is 24.6 Å². The zero-order chi connectivity index (χ0) is 30.1. The minimum Gasteiger partial charge on any atom is -0.475 e. The summed E-state index contributed by atoms with van der Waals surface area (Å²) in [7, 11) is 2.10. The molecule has 2 atom stereocenters. The van der Waals surface area contributed by atoms with E-state index in [1.807, 2.05) is 6.07 Å². The molecular formula is C24H30F6N4O6. The van der Waals surface area contributed by atoms with Crippen LogP contribution >= 0.6 is 0 Å². The van der Waals surface area contributed by atoms with Crippen LogP contribution in [0, 0.1) is 5.92 Å². The summed E-state index contributed by atoms with van der Waals surface area (Å²) in [5.74, 6) is -4.92. The fraction of sp³-hybridized carbons (Fsp3) is 0.583. The van der Waals surface area contributed by atoms with E-state index in [1.165, 1.54) is 18.4 Å². The Morgan fingerprint density at radius 2 is 1.57 bits per heavy atom. The third-order valence-corrected chi connectivity index (χ3v) is 6.17. The number of likely N-dealkylation sites (tertiary alicyclic amines) is 1. The third-order valence-electron chi connectivity index (χ3n) is 6.17. The van der Waals surface area contributed by atoms with E-state index in [1.54, 1.807) is 0 Å². The van der Waals surface area contributed by atoms with Crippen LogP contribution in [0.15, 0.2) is 35.5 Å². The molecule has 2 unspecified atom stereocenters. The molecule has 0 aromatic heterocycles. The Morgan fingerprint density at radius 1 is 1.02 bits per heavy atom. The SMILES string of the molecule is CN1CCC(NCc2ccccc2)C2(CC(C(=O)NCC3CC3)=NO2)C1.O=C(O)C(F)(F)F.O=C(O)C(F)(F)F. The predicted molar refractivity (Wildman–Crippen MR) is 128 cm³/mol. The molecule has 4 N–H and O–H groups in total. The number of rotatable bonds is 6. The van der Waals surface area contributed by atoms with Gasteiger partial charge in [-0.15, -0.1) is 0 Å². The molecule has 1 aromatic carbocycles. The Kier molecular flexibility index (Phi) is 11.3. The van der Waals surface area contributed by atoms with Gasteiger partial charge in [0.1, 0.15) is 5.71 Å². The van der Waals surface area contributed by atoms with E-state index < -0.39 is 29.9 Å². The highest BCUT2D eigenvalue weighted by atomic mass is 19.4. The molecule has 3 aliphatic rings. The zero-order valence-electron chi connectivity index (χ0n) is 21.4. The molecule has 2 aliphatic heterocycles. The summed E-state index contributed by atoms with van der Waals surface area (Å²) < 4.78 is 63.5. The summed E-state index contributed by atoms with van der Waals surface area (Å²) in [4.78, 5) is 38.4. The summed E-state index contributed by atoms with van der Waals surface area (Å²) in [5, 5.41) is 25.1. The molecule has 16 heteroatoms. The van der Waals surface area contributed by atoms with Gasteiger partial charge in [-0.05, 0) is 44.3 Å². The van der Waals surface area contributed by atoms with Gasteiger partial charge in [0.05, 0.1) is 6.04 Å². The minimum absolute atomic E-state index is 0.0659. The lowest BCUT2D eigenvalue weighted by Gasteiger charge is -2.43. The highest BCUT2D eigenvalue weighted by Crippen LogP contribution is 2.34. The topological polar surface area (TPSA) is 141 Å². The van der Waals surface area contributed by atoms with Gasteiger partial charge in [0.25, 0.3) is 5.91 Å². The number of amides is 1. The molecule has 1 saturated heterocycles. The average molecular weight is 585 g/mol. The van der Waals surface area contributed by atoms with Crippen molar-refractivity contribution < 1.29 is 55.8 Å². The van der Waals surface area contributed by atoms with Crippen molar-refractivity contribution in [2.45, 2.75) is 56.2 Å². The van der Waals surface area contributed by atoms with E-state index in [9.17, 15) is 31.1 Å². The largest absolute Gasteiger partial charge is 0.490 e. The molecule has 0 bridgehead atoms. The number of nitrogens with one attached hydrogen (secondary N) is 2. The van der Waals surface area contributed by atoms with Crippen LogP contribution in [0.1, 0.15) is 31.2 Å². The molecule has 1 saturated carbocycles. The second-order valence-electron chi connectivity index (χ2n) is 9.58. The van der Waals surface area contributed by atoms with Gasteiger partial charge in [0, 0.05) is 26.1 Å². The summed E-state index contributed by atoms with van der Waals surface area (Å²) in [6.07, 6.45) is -6.16. The summed E-state index contributed by atoms with van der Waals surface area (Å²) in [5.41, 5.74) is 1.34. The van der Waals surface area contributed by atoms with Gasteiger partial charge in [-0.3, -0.25) is 4.79 Å². The van der Waals surface area contributed by atoms with Crippen LogP contribution in [0.3, 0.4) is 0 Å². The quantitative estimate of drug-likeness (QED) is 0.375. The number of carbonyl (C=O) groups is 3. The molecule has 1 aromatic rings. The first-order chi connectivity index (χ1) is 18.5. The van der Waals surface area contributed by atoms with Gasteiger partial charge < -0.3 is 30.6 Å². The Labute approximate surface area is 225 Å². The van der Waals surface area contributed by atoms with Crippen molar-refractivity contribution in [1.29, 1.82) is 0 Å². The highest BCUT2D eigenvalue weighted by molar-refractivity contribution is 6.39. The lowest BCUT2D eigenvalue weighted by molar-refractivity contribution is -0.193. The summed E-state index contributed by atoms with van der Waals surface area (Å²) >= 11 is 0. The number of carboxylic acids is 2. The lowest BCUT2D eigenvalue weighted by Crippen LogP contribution is -2.61. The average Bonchev–Trinajstić information content (AvgIpc) is 3.61. The molecule has 1 aliphatic carbocycles. The van der Waals surface area contributed by atoms with Gasteiger partial charge in [-0.1, -0.05) is 35.5 Å². The van der Waals surface area contributed by atoms with E-state index in [2.05, 4.69) is 52.0 Å². The smallest absolute Gasteiger partial charge is 0.475 e. The van der Waals surface area contributed by atoms with Crippen molar-refractivity contribution >= 4 is 23.6 Å². The number of halogens is 6. The van der Waals surface area contributed by atoms with Crippen molar-refractivity contribution in [3.63, 3.8) is 0 Å². The van der Waals surface area contributed by atoms with Crippen molar-refractivity contribution in [3.05, 3.63) is 35.9 Å². The fourth-order valence-electron chi connectivity index (χ4n) is 3.93. The maximum atomic E-state index is 12.4. The summed E-state index contributed by atoms with van der Waals surface area (Å²) in [6.45, 7) is 3.35. The number of hydrogen-bond acceptors (Lipinski definition) is 7. The molecule has 224 valence electrons. The number of likely N-dealkylation sites (N-methyl/N-ethyl adjacent to an activating group) is 1. The fourth-order valence-corrected chi connectivity index (χ4v) is 3.93. The van der Waals surface area contributed by atoms with Crippen LogP contribution in [0.25, 0.3) is 0 Å². The Hall–Kier alpha value is -3.40. The number of nitrogens with zero attached hydrogens (tertiary/aromatic N) is 2. The zero-order valence-corrected chi connectivity index (χ0v) is 21.4. The van der Waals surface area contributed by atoms with Gasteiger partial charge in [-0.25, -0.2) is 9.59 Å². The summed E-state index contributed by atoms with van der Waals surface area (Å²) in [6, 6.07) is 10.6. The Bertz CT molecular complexity index is 1020. The van der Waals surface area contributed by atoms with Crippen LogP contribution < -0.4 is 10.6 Å². The van der Waals surface area contributed by atoms with E-state index in [0.29, 0.717) is 18.1 Å². The van der Waals surface area contributed by atoms with Crippen molar-refractivity contribution in [2.75, 3.05) is 26.7 Å². The highest BCUT2D eigenvalue weighted by Gasteiger charge is 2.50. The number of oxime groups is 1. The second kappa shape index (κ2) is 13.8. The van der Waals surface area contributed by atoms with E-state index >= 15 is 0 Å². The molecular weight excluding hydrogens is 554 g/mol. The molecule has 1 spiro atoms. The molecule has 0 radical (unpaired) electrons. The molecule has 10 nitrogen and oxygen atoms in total. The molecule has 1 amide bonds. The molecule has 2 fully saturated rings. The first-order valence-electron chi connectivity index (χ1n) is 12.1. The van der Waals surface area contributed by atoms with Gasteiger partial charge in [0.15, 0.2) is 5.60 Å². The second-order valence-corrected chi connectivity index (χ2v) is 9.58. The van der Waals surface area contributed by atoms with Crippen LogP contribution in [0.5, 0.6) is 0 Å². The van der Waals surface area contributed by atoms with Crippen molar-refractivity contribution in [2.24, 2.45) is 11.1 Å². The van der Waals surface area contributed by atoms with Gasteiger partial charge in [-0.2, -0.15) is 26.3 Å². The standard InChI is InChI=1S/C20H28N4O2.2C2HF3O2/c1-24-10-9-18(21-12-15-5-3-2-4-6-15)20(14-24)11-17(23-26-20)19(25)22-13-16-7-8-16;2*3-2(4,5)1(6)7/h2-6,16,18,21H,7-14H2,1H3,(H,22,25);2*(H,6,7). The number of carbonyl (C=O) groups excluding carboxylic acids is 1. The number of piperidine rings is 1. The number of benzene rings is 1. The van der Waals surface area contributed by atoms with Crippen LogP contribution in [0.4, 0.5) is 26.3 Å². The monoisotopic (exact) mass is 584 g/mol. The van der Waals surface area contributed by atoms with Crippen LogP contribution in [-0.2, 0) is 25.8 Å². The number of carboxylic acid groups (broad SMARTS) is 2.